The average molecular weight is 568 g/mol. The van der Waals surface area contributed by atoms with Crippen LogP contribution in [0.2, 0.25) is 0 Å². The number of benzene rings is 2. The van der Waals surface area contributed by atoms with E-state index in [4.69, 9.17) is 4.74 Å². The number of nitrogens with zero attached hydrogens (tertiary/aromatic N) is 2. The van der Waals surface area contributed by atoms with Crippen LogP contribution in [-0.2, 0) is 17.7 Å². The van der Waals surface area contributed by atoms with E-state index in [0.717, 1.165) is 12.1 Å². The van der Waals surface area contributed by atoms with Gasteiger partial charge in [0.2, 0.25) is 0 Å². The van der Waals surface area contributed by atoms with Crippen LogP contribution < -0.4 is 10.6 Å². The minimum absolute atomic E-state index is 0. The quantitative estimate of drug-likeness (QED) is 0.301. The van der Waals surface area contributed by atoms with E-state index >= 15 is 0 Å². The second-order valence-corrected chi connectivity index (χ2v) is 8.13. The van der Waals surface area contributed by atoms with E-state index in [1.54, 1.807) is 12.1 Å². The Labute approximate surface area is 213 Å². The number of nitrogens with one attached hydrogen (secondary N) is 2. The van der Waals surface area contributed by atoms with Crippen LogP contribution >= 0.6 is 24.0 Å². The molecule has 1 heterocycles. The Morgan fingerprint density at radius 2 is 1.76 bits per heavy atom. The van der Waals surface area contributed by atoms with Crippen molar-refractivity contribution in [3.63, 3.8) is 0 Å². The molecule has 2 aromatic carbocycles. The number of rotatable bonds is 7. The summed E-state index contributed by atoms with van der Waals surface area (Å²) in [5.74, 6) is 0.525. The van der Waals surface area contributed by atoms with Gasteiger partial charge in [-0.3, -0.25) is 4.79 Å². The van der Waals surface area contributed by atoms with Gasteiger partial charge in [-0.05, 0) is 56.5 Å². The van der Waals surface area contributed by atoms with Gasteiger partial charge < -0.3 is 20.3 Å². The van der Waals surface area contributed by atoms with E-state index in [9.17, 15) is 9.18 Å². The largest absolute Gasteiger partial charge is 0.372 e. The molecule has 8 heteroatoms. The molecule has 0 bridgehead atoms. The number of guanidine groups is 1. The molecular weight excluding hydrogens is 534 g/mol. The third kappa shape index (κ3) is 8.26. The third-order valence-corrected chi connectivity index (χ3v) is 5.32. The van der Waals surface area contributed by atoms with Crippen molar-refractivity contribution in [2.24, 2.45) is 4.99 Å². The topological polar surface area (TPSA) is 66.0 Å². The highest BCUT2D eigenvalue weighted by molar-refractivity contribution is 14.0. The van der Waals surface area contributed by atoms with Gasteiger partial charge in [0.05, 0.1) is 18.8 Å². The van der Waals surface area contributed by atoms with Gasteiger partial charge in [-0.15, -0.1) is 24.0 Å². The first-order valence-electron chi connectivity index (χ1n) is 11.3. The van der Waals surface area contributed by atoms with E-state index in [2.05, 4.69) is 15.6 Å². The fraction of sp³-hybridized carbons (Fsp3) is 0.440. The van der Waals surface area contributed by atoms with E-state index in [0.29, 0.717) is 49.7 Å². The molecule has 2 unspecified atom stereocenters. The van der Waals surface area contributed by atoms with Crippen molar-refractivity contribution >= 4 is 35.8 Å². The van der Waals surface area contributed by atoms with Gasteiger partial charge in [-0.2, -0.15) is 0 Å². The molecular formula is C25H34FIN4O2. The van der Waals surface area contributed by atoms with Gasteiger partial charge in [-0.1, -0.05) is 30.3 Å². The molecule has 0 spiro atoms. The molecule has 2 N–H and O–H groups in total. The van der Waals surface area contributed by atoms with E-state index in [1.807, 2.05) is 56.0 Å². The van der Waals surface area contributed by atoms with E-state index < -0.39 is 0 Å². The van der Waals surface area contributed by atoms with Gasteiger partial charge in [0, 0.05) is 31.7 Å². The highest BCUT2D eigenvalue weighted by atomic mass is 127. The van der Waals surface area contributed by atoms with Crippen LogP contribution in [0.4, 0.5) is 4.39 Å². The molecule has 1 amide bonds. The van der Waals surface area contributed by atoms with Crippen molar-refractivity contribution < 1.29 is 13.9 Å². The number of hydrogen-bond donors (Lipinski definition) is 2. The summed E-state index contributed by atoms with van der Waals surface area (Å²) in [5, 5.41) is 6.45. The summed E-state index contributed by atoms with van der Waals surface area (Å²) in [6.45, 7) is 9.00. The minimum atomic E-state index is -0.188. The SMILES string of the molecule is CCNC(=NCc1ccc(C(=O)N2CC(C)OC(C)C2)cc1)NCCc1ccccc1F.I. The molecule has 1 saturated heterocycles. The maximum absolute atomic E-state index is 13.8. The number of carbonyl (C=O) groups excluding carboxylic acids is 1. The summed E-state index contributed by atoms with van der Waals surface area (Å²) in [7, 11) is 0. The van der Waals surface area contributed by atoms with Crippen molar-refractivity contribution in [2.75, 3.05) is 26.2 Å². The molecule has 0 aliphatic carbocycles. The van der Waals surface area contributed by atoms with Crippen molar-refractivity contribution in [3.05, 3.63) is 71.0 Å². The predicted molar refractivity (Wildman–Crippen MR) is 141 cm³/mol. The maximum Gasteiger partial charge on any atom is 0.254 e. The fourth-order valence-electron chi connectivity index (χ4n) is 3.81. The van der Waals surface area contributed by atoms with Gasteiger partial charge >= 0.3 is 0 Å². The molecule has 0 saturated carbocycles. The zero-order valence-corrected chi connectivity index (χ0v) is 21.8. The van der Waals surface area contributed by atoms with E-state index in [1.165, 1.54) is 6.07 Å². The molecule has 1 aliphatic heterocycles. The second-order valence-electron chi connectivity index (χ2n) is 8.13. The highest BCUT2D eigenvalue weighted by Crippen LogP contribution is 2.15. The van der Waals surface area contributed by atoms with Gasteiger partial charge in [0.15, 0.2) is 5.96 Å². The van der Waals surface area contributed by atoms with Crippen molar-refractivity contribution in [1.82, 2.24) is 15.5 Å². The van der Waals surface area contributed by atoms with Gasteiger partial charge in [0.25, 0.3) is 5.91 Å². The molecule has 33 heavy (non-hydrogen) atoms. The van der Waals surface area contributed by atoms with Gasteiger partial charge in [-0.25, -0.2) is 9.38 Å². The second kappa shape index (κ2) is 13.5. The Hall–Kier alpha value is -2.20. The summed E-state index contributed by atoms with van der Waals surface area (Å²) >= 11 is 0. The Balaban J connectivity index is 0.00000385. The van der Waals surface area contributed by atoms with Crippen molar-refractivity contribution in [1.29, 1.82) is 0 Å². The Morgan fingerprint density at radius 3 is 2.39 bits per heavy atom. The zero-order chi connectivity index (χ0) is 22.9. The molecule has 2 aromatic rings. The maximum atomic E-state index is 13.8. The number of amides is 1. The van der Waals surface area contributed by atoms with Crippen LogP contribution in [-0.4, -0.2) is 55.2 Å². The summed E-state index contributed by atoms with van der Waals surface area (Å²) in [4.78, 5) is 19.3. The molecule has 3 rings (SSSR count). The molecule has 1 aliphatic rings. The summed E-state index contributed by atoms with van der Waals surface area (Å²) in [6, 6.07) is 14.4. The Morgan fingerprint density at radius 1 is 1.09 bits per heavy atom. The number of ether oxygens (including phenoxy) is 1. The lowest BCUT2D eigenvalue weighted by Crippen LogP contribution is -2.48. The molecule has 6 nitrogen and oxygen atoms in total. The Bertz CT molecular complexity index is 913. The molecule has 0 radical (unpaired) electrons. The minimum Gasteiger partial charge on any atom is -0.372 e. The highest BCUT2D eigenvalue weighted by Gasteiger charge is 2.26. The number of morpholine rings is 1. The number of carbonyl (C=O) groups is 1. The molecule has 2 atom stereocenters. The van der Waals surface area contributed by atoms with Crippen LogP contribution in [0.15, 0.2) is 53.5 Å². The fourth-order valence-corrected chi connectivity index (χ4v) is 3.81. The summed E-state index contributed by atoms with van der Waals surface area (Å²) in [6.07, 6.45) is 0.672. The third-order valence-electron chi connectivity index (χ3n) is 5.32. The molecule has 1 fully saturated rings. The lowest BCUT2D eigenvalue weighted by Gasteiger charge is -2.35. The van der Waals surface area contributed by atoms with E-state index in [-0.39, 0.29) is 47.9 Å². The first-order valence-corrected chi connectivity index (χ1v) is 11.3. The van der Waals surface area contributed by atoms with Crippen LogP contribution in [0, 0.1) is 5.82 Å². The predicted octanol–water partition coefficient (Wildman–Crippen LogP) is 3.99. The van der Waals surface area contributed by atoms with Gasteiger partial charge in [0.1, 0.15) is 5.82 Å². The summed E-state index contributed by atoms with van der Waals surface area (Å²) in [5.41, 5.74) is 2.37. The molecule has 180 valence electrons. The van der Waals surface area contributed by atoms with Crippen molar-refractivity contribution in [3.8, 4) is 0 Å². The van der Waals surface area contributed by atoms with Crippen LogP contribution in [0.25, 0.3) is 0 Å². The lowest BCUT2D eigenvalue weighted by molar-refractivity contribution is -0.0586. The normalized spacial score (nSPS) is 18.4. The van der Waals surface area contributed by atoms with Crippen LogP contribution in [0.5, 0.6) is 0 Å². The smallest absolute Gasteiger partial charge is 0.254 e. The Kier molecular flexibility index (Phi) is 11.1. The first-order chi connectivity index (χ1) is 15.5. The zero-order valence-electron chi connectivity index (χ0n) is 19.5. The standard InChI is InChI=1S/C25H33FN4O2.HI/c1-4-27-25(28-14-13-21-7-5-6-8-23(21)26)29-15-20-9-11-22(12-10-20)24(31)30-16-18(2)32-19(3)17-30;/h5-12,18-19H,4,13-17H2,1-3H3,(H2,27,28,29);1H. The first kappa shape index (κ1) is 27.0. The lowest BCUT2D eigenvalue weighted by atomic mass is 10.1. The average Bonchev–Trinajstić information content (AvgIpc) is 2.78. The monoisotopic (exact) mass is 568 g/mol. The van der Waals surface area contributed by atoms with Crippen LogP contribution in [0.3, 0.4) is 0 Å². The molecule has 0 aromatic heterocycles. The van der Waals surface area contributed by atoms with Crippen LogP contribution in [0.1, 0.15) is 42.3 Å². The number of aliphatic imine (C=N–C) groups is 1. The van der Waals surface area contributed by atoms with Crippen molar-refractivity contribution in [2.45, 2.75) is 45.9 Å². The number of halogens is 2. The number of hydrogen-bond acceptors (Lipinski definition) is 3. The summed E-state index contributed by atoms with van der Waals surface area (Å²) < 4.78 is 19.5.